The minimum atomic E-state index is 0.343. The van der Waals surface area contributed by atoms with Gasteiger partial charge < -0.3 is 5.32 Å². The molecule has 0 radical (unpaired) electrons. The van der Waals surface area contributed by atoms with E-state index in [-0.39, 0.29) is 0 Å². The zero-order valence-electron chi connectivity index (χ0n) is 8.62. The van der Waals surface area contributed by atoms with Gasteiger partial charge in [0.25, 0.3) is 0 Å². The van der Waals surface area contributed by atoms with Gasteiger partial charge in [-0.3, -0.25) is 4.79 Å². The van der Waals surface area contributed by atoms with Gasteiger partial charge in [0.1, 0.15) is 5.78 Å². The molecule has 0 spiro atoms. The van der Waals surface area contributed by atoms with Crippen molar-refractivity contribution in [2.75, 3.05) is 11.9 Å². The van der Waals surface area contributed by atoms with Crippen LogP contribution in [-0.4, -0.2) is 12.3 Å². The maximum absolute atomic E-state index is 11.2. The van der Waals surface area contributed by atoms with E-state index in [1.807, 2.05) is 37.3 Å². The molecule has 0 aliphatic heterocycles. The van der Waals surface area contributed by atoms with Crippen molar-refractivity contribution in [3.8, 4) is 0 Å². The molecular weight excluding hydrogens is 174 g/mol. The summed E-state index contributed by atoms with van der Waals surface area (Å²) < 4.78 is 0. The van der Waals surface area contributed by atoms with Gasteiger partial charge in [0.15, 0.2) is 0 Å². The Morgan fingerprint density at radius 2 is 1.93 bits per heavy atom. The average Bonchev–Trinajstić information content (AvgIpc) is 2.20. The maximum atomic E-state index is 11.2. The highest BCUT2D eigenvalue weighted by molar-refractivity contribution is 5.78. The topological polar surface area (TPSA) is 29.1 Å². The highest BCUT2D eigenvalue weighted by atomic mass is 16.1. The second-order valence-electron chi connectivity index (χ2n) is 3.33. The first-order valence-corrected chi connectivity index (χ1v) is 5.13. The number of anilines is 1. The van der Waals surface area contributed by atoms with E-state index in [1.54, 1.807) is 0 Å². The summed E-state index contributed by atoms with van der Waals surface area (Å²) in [4.78, 5) is 11.2. The van der Waals surface area contributed by atoms with Gasteiger partial charge in [-0.15, -0.1) is 0 Å². The van der Waals surface area contributed by atoms with Crippen LogP contribution in [0.15, 0.2) is 30.3 Å². The number of nitrogens with one attached hydrogen (secondary N) is 1. The molecule has 0 saturated carbocycles. The number of benzene rings is 1. The standard InChI is InChI=1S/C12H17NO/c1-2-6-12(14)9-10-13-11-7-4-3-5-8-11/h3-5,7-8,13H,2,6,9-10H2,1H3. The maximum Gasteiger partial charge on any atom is 0.134 e. The van der Waals surface area contributed by atoms with Crippen LogP contribution in [0.1, 0.15) is 26.2 Å². The molecule has 76 valence electrons. The second kappa shape index (κ2) is 6.19. The van der Waals surface area contributed by atoms with Crippen LogP contribution in [0.3, 0.4) is 0 Å². The Hall–Kier alpha value is -1.31. The number of Topliss-reactive ketones (excluding diaryl/α,β-unsaturated/α-hetero) is 1. The van der Waals surface area contributed by atoms with Crippen molar-refractivity contribution in [2.45, 2.75) is 26.2 Å². The molecule has 1 rings (SSSR count). The van der Waals surface area contributed by atoms with Gasteiger partial charge in [-0.2, -0.15) is 0 Å². The van der Waals surface area contributed by atoms with Gasteiger partial charge in [0, 0.05) is 25.1 Å². The van der Waals surface area contributed by atoms with Crippen molar-refractivity contribution in [1.29, 1.82) is 0 Å². The summed E-state index contributed by atoms with van der Waals surface area (Å²) in [5, 5.41) is 3.21. The van der Waals surface area contributed by atoms with E-state index >= 15 is 0 Å². The number of para-hydroxylation sites is 1. The van der Waals surface area contributed by atoms with E-state index in [9.17, 15) is 4.79 Å². The van der Waals surface area contributed by atoms with Crippen molar-refractivity contribution in [3.05, 3.63) is 30.3 Å². The molecule has 0 heterocycles. The number of carbonyl (C=O) groups is 1. The van der Waals surface area contributed by atoms with Crippen LogP contribution in [0.5, 0.6) is 0 Å². The smallest absolute Gasteiger partial charge is 0.134 e. The summed E-state index contributed by atoms with van der Waals surface area (Å²) in [7, 11) is 0. The Bertz CT molecular complexity index is 269. The van der Waals surface area contributed by atoms with E-state index in [0.29, 0.717) is 18.6 Å². The predicted molar refractivity (Wildman–Crippen MR) is 59.5 cm³/mol. The highest BCUT2D eigenvalue weighted by Gasteiger charge is 1.98. The monoisotopic (exact) mass is 191 g/mol. The summed E-state index contributed by atoms with van der Waals surface area (Å²) in [5.41, 5.74) is 1.08. The van der Waals surface area contributed by atoms with Crippen molar-refractivity contribution in [2.24, 2.45) is 0 Å². The number of carbonyl (C=O) groups excluding carboxylic acids is 1. The van der Waals surface area contributed by atoms with Gasteiger partial charge in [-0.05, 0) is 18.6 Å². The van der Waals surface area contributed by atoms with E-state index in [2.05, 4.69) is 5.32 Å². The van der Waals surface area contributed by atoms with Crippen LogP contribution in [0.4, 0.5) is 5.69 Å². The molecular formula is C12H17NO. The number of hydrogen-bond acceptors (Lipinski definition) is 2. The lowest BCUT2D eigenvalue weighted by atomic mass is 10.2. The van der Waals surface area contributed by atoms with Gasteiger partial charge in [-0.25, -0.2) is 0 Å². The minimum absolute atomic E-state index is 0.343. The Balaban J connectivity index is 2.19. The quantitative estimate of drug-likeness (QED) is 0.749. The lowest BCUT2D eigenvalue weighted by Crippen LogP contribution is -2.07. The summed E-state index contributed by atoms with van der Waals surface area (Å²) in [6.07, 6.45) is 2.28. The Kier molecular flexibility index (Phi) is 4.76. The Labute approximate surface area is 85.3 Å². The first kappa shape index (κ1) is 10.8. The lowest BCUT2D eigenvalue weighted by Gasteiger charge is -2.04. The fourth-order valence-corrected chi connectivity index (χ4v) is 1.31. The van der Waals surface area contributed by atoms with E-state index < -0.39 is 0 Å². The fourth-order valence-electron chi connectivity index (χ4n) is 1.31. The van der Waals surface area contributed by atoms with Gasteiger partial charge in [0.05, 0.1) is 0 Å². The molecule has 1 aromatic rings. The third-order valence-corrected chi connectivity index (χ3v) is 2.04. The molecule has 2 nitrogen and oxygen atoms in total. The van der Waals surface area contributed by atoms with Crippen LogP contribution in [0.25, 0.3) is 0 Å². The van der Waals surface area contributed by atoms with Crippen LogP contribution < -0.4 is 5.32 Å². The number of ketones is 1. The Morgan fingerprint density at radius 3 is 2.57 bits per heavy atom. The average molecular weight is 191 g/mol. The third-order valence-electron chi connectivity index (χ3n) is 2.04. The van der Waals surface area contributed by atoms with E-state index in [4.69, 9.17) is 0 Å². The predicted octanol–water partition coefficient (Wildman–Crippen LogP) is 2.86. The molecule has 0 saturated heterocycles. The second-order valence-corrected chi connectivity index (χ2v) is 3.33. The minimum Gasteiger partial charge on any atom is -0.385 e. The fraction of sp³-hybridized carbons (Fsp3) is 0.417. The van der Waals surface area contributed by atoms with E-state index in [1.165, 1.54) is 0 Å². The summed E-state index contributed by atoms with van der Waals surface area (Å²) in [5.74, 6) is 0.343. The zero-order valence-corrected chi connectivity index (χ0v) is 8.62. The highest BCUT2D eigenvalue weighted by Crippen LogP contribution is 2.05. The van der Waals surface area contributed by atoms with Crippen LogP contribution >= 0.6 is 0 Å². The molecule has 0 bridgehead atoms. The van der Waals surface area contributed by atoms with Crippen molar-refractivity contribution in [1.82, 2.24) is 0 Å². The van der Waals surface area contributed by atoms with Gasteiger partial charge in [0.2, 0.25) is 0 Å². The van der Waals surface area contributed by atoms with E-state index in [0.717, 1.165) is 18.7 Å². The molecule has 0 unspecified atom stereocenters. The number of hydrogen-bond donors (Lipinski definition) is 1. The van der Waals surface area contributed by atoms with Gasteiger partial charge in [-0.1, -0.05) is 25.1 Å². The molecule has 1 aromatic carbocycles. The van der Waals surface area contributed by atoms with Crippen molar-refractivity contribution in [3.63, 3.8) is 0 Å². The normalized spacial score (nSPS) is 9.79. The molecule has 0 aromatic heterocycles. The first-order chi connectivity index (χ1) is 6.83. The van der Waals surface area contributed by atoms with Crippen LogP contribution in [0, 0.1) is 0 Å². The van der Waals surface area contributed by atoms with Gasteiger partial charge >= 0.3 is 0 Å². The lowest BCUT2D eigenvalue weighted by molar-refractivity contribution is -0.118. The first-order valence-electron chi connectivity index (χ1n) is 5.13. The molecule has 0 aliphatic carbocycles. The zero-order chi connectivity index (χ0) is 10.2. The summed E-state index contributed by atoms with van der Waals surface area (Å²) >= 11 is 0. The Morgan fingerprint density at radius 1 is 1.21 bits per heavy atom. The molecule has 0 fully saturated rings. The molecule has 0 atom stereocenters. The third kappa shape index (κ3) is 4.08. The number of rotatable bonds is 6. The SMILES string of the molecule is CCCC(=O)CCNc1ccccc1. The summed E-state index contributed by atoms with van der Waals surface area (Å²) in [6.45, 7) is 2.77. The van der Waals surface area contributed by atoms with Crippen LogP contribution in [0.2, 0.25) is 0 Å². The molecule has 1 N–H and O–H groups in total. The molecule has 0 amide bonds. The van der Waals surface area contributed by atoms with Crippen molar-refractivity contribution < 1.29 is 4.79 Å². The van der Waals surface area contributed by atoms with Crippen LogP contribution in [-0.2, 0) is 4.79 Å². The molecule has 0 aliphatic rings. The molecule has 2 heteroatoms. The molecule has 14 heavy (non-hydrogen) atoms. The largest absolute Gasteiger partial charge is 0.385 e. The van der Waals surface area contributed by atoms with Crippen molar-refractivity contribution >= 4 is 11.5 Å². The summed E-state index contributed by atoms with van der Waals surface area (Å²) in [6, 6.07) is 9.95.